The van der Waals surface area contributed by atoms with Crippen molar-refractivity contribution in [2.75, 3.05) is 0 Å². The maximum Gasteiger partial charge on any atom is 0.335 e. The van der Waals surface area contributed by atoms with E-state index in [-0.39, 0.29) is 0 Å². The third kappa shape index (κ3) is 2.54. The molecule has 2 N–H and O–H groups in total. The molecule has 3 rings (SSSR count). The molecule has 0 saturated heterocycles. The van der Waals surface area contributed by atoms with Gasteiger partial charge in [-0.2, -0.15) is 0 Å². The van der Waals surface area contributed by atoms with Crippen LogP contribution in [0.2, 0.25) is 0 Å². The Morgan fingerprint density at radius 1 is 1.05 bits per heavy atom. The molecule has 4 heteroatoms. The number of nitrogens with zero attached hydrogens (tertiary/aromatic N) is 1. The molecule has 0 radical (unpaired) electrons. The number of carboxylic acids is 1. The summed E-state index contributed by atoms with van der Waals surface area (Å²) < 4.78 is 0. The number of fused-ring (bicyclic) bond motifs is 1. The van der Waals surface area contributed by atoms with Gasteiger partial charge in [0.1, 0.15) is 5.82 Å². The average Bonchev–Trinajstić information content (AvgIpc) is 2.88. The van der Waals surface area contributed by atoms with E-state index in [0.29, 0.717) is 5.56 Å². The summed E-state index contributed by atoms with van der Waals surface area (Å²) in [6.45, 7) is 0. The van der Waals surface area contributed by atoms with E-state index in [1.165, 1.54) is 0 Å². The molecule has 1 aromatic heterocycles. The predicted octanol–water partition coefficient (Wildman–Crippen LogP) is 3.05. The lowest BCUT2D eigenvalue weighted by Gasteiger charge is -2.00. The van der Waals surface area contributed by atoms with Crippen LogP contribution in [-0.4, -0.2) is 21.0 Å². The third-order valence-corrected chi connectivity index (χ3v) is 3.29. The Morgan fingerprint density at radius 2 is 1.80 bits per heavy atom. The molecule has 100 valence electrons. The van der Waals surface area contributed by atoms with Crippen LogP contribution < -0.4 is 0 Å². The summed E-state index contributed by atoms with van der Waals surface area (Å²) in [7, 11) is 0. The lowest BCUT2D eigenvalue weighted by atomic mass is 10.1. The monoisotopic (exact) mass is 266 g/mol. The molecular weight excluding hydrogens is 252 g/mol. The number of hydrogen-bond donors (Lipinski definition) is 2. The summed E-state index contributed by atoms with van der Waals surface area (Å²) in [5.74, 6) is 0.0577. The van der Waals surface area contributed by atoms with E-state index in [4.69, 9.17) is 5.11 Å². The van der Waals surface area contributed by atoms with Crippen molar-refractivity contribution >= 4 is 17.0 Å². The number of hydrogen-bond acceptors (Lipinski definition) is 2. The van der Waals surface area contributed by atoms with Gasteiger partial charge in [-0.05, 0) is 36.2 Å². The number of rotatable bonds is 4. The Bertz CT molecular complexity index is 712. The first-order chi connectivity index (χ1) is 9.72. The zero-order chi connectivity index (χ0) is 13.9. The van der Waals surface area contributed by atoms with Gasteiger partial charge in [0.15, 0.2) is 0 Å². The second kappa shape index (κ2) is 5.17. The Morgan fingerprint density at radius 3 is 2.50 bits per heavy atom. The lowest BCUT2D eigenvalue weighted by Crippen LogP contribution is -1.97. The Balaban J connectivity index is 1.71. The largest absolute Gasteiger partial charge is 0.478 e. The quantitative estimate of drug-likeness (QED) is 0.762. The van der Waals surface area contributed by atoms with Crippen molar-refractivity contribution < 1.29 is 9.90 Å². The number of carboxylic acid groups (broad SMARTS) is 1. The van der Waals surface area contributed by atoms with Crippen molar-refractivity contribution in [1.82, 2.24) is 9.97 Å². The second-order valence-electron chi connectivity index (χ2n) is 4.70. The van der Waals surface area contributed by atoms with Crippen molar-refractivity contribution in [1.29, 1.82) is 0 Å². The van der Waals surface area contributed by atoms with E-state index in [1.54, 1.807) is 12.1 Å². The third-order valence-electron chi connectivity index (χ3n) is 3.29. The van der Waals surface area contributed by atoms with Gasteiger partial charge in [0.2, 0.25) is 0 Å². The molecular formula is C16H14N2O2. The van der Waals surface area contributed by atoms with Crippen molar-refractivity contribution in [3.63, 3.8) is 0 Å². The standard InChI is InChI=1S/C16H14N2O2/c19-16(20)12-8-5-11(6-9-12)7-10-15-17-13-3-1-2-4-14(13)18-15/h1-6,8-9H,7,10H2,(H,17,18)(H,19,20). The molecule has 0 saturated carbocycles. The van der Waals surface area contributed by atoms with Gasteiger partial charge in [0.05, 0.1) is 16.6 Å². The maximum atomic E-state index is 10.8. The highest BCUT2D eigenvalue weighted by atomic mass is 16.4. The number of benzene rings is 2. The molecule has 0 spiro atoms. The summed E-state index contributed by atoms with van der Waals surface area (Å²) in [4.78, 5) is 18.6. The molecule has 0 fully saturated rings. The van der Waals surface area contributed by atoms with Gasteiger partial charge in [0.25, 0.3) is 0 Å². The highest BCUT2D eigenvalue weighted by Crippen LogP contribution is 2.12. The van der Waals surface area contributed by atoms with E-state index in [2.05, 4.69) is 9.97 Å². The van der Waals surface area contributed by atoms with E-state index in [0.717, 1.165) is 35.3 Å². The van der Waals surface area contributed by atoms with Crippen LogP contribution in [0.4, 0.5) is 0 Å². The molecule has 0 aliphatic heterocycles. The number of aromatic nitrogens is 2. The molecule has 0 amide bonds. The minimum absolute atomic E-state index is 0.317. The van der Waals surface area contributed by atoms with E-state index in [9.17, 15) is 4.79 Å². The Kier molecular flexibility index (Phi) is 3.21. The van der Waals surface area contributed by atoms with Gasteiger partial charge < -0.3 is 10.1 Å². The van der Waals surface area contributed by atoms with Crippen LogP contribution in [0.1, 0.15) is 21.7 Å². The molecule has 0 atom stereocenters. The molecule has 1 heterocycles. The summed E-state index contributed by atoms with van der Waals surface area (Å²) in [5, 5.41) is 8.85. The molecule has 20 heavy (non-hydrogen) atoms. The lowest BCUT2D eigenvalue weighted by molar-refractivity contribution is 0.0697. The van der Waals surface area contributed by atoms with Crippen LogP contribution in [0.3, 0.4) is 0 Å². The van der Waals surface area contributed by atoms with Gasteiger partial charge in [-0.3, -0.25) is 0 Å². The summed E-state index contributed by atoms with van der Waals surface area (Å²) in [6, 6.07) is 14.9. The summed E-state index contributed by atoms with van der Waals surface area (Å²) in [6.07, 6.45) is 1.64. The van der Waals surface area contributed by atoms with Crippen LogP contribution in [0.5, 0.6) is 0 Å². The van der Waals surface area contributed by atoms with Crippen LogP contribution in [0.15, 0.2) is 48.5 Å². The number of para-hydroxylation sites is 2. The number of aromatic amines is 1. The first-order valence-electron chi connectivity index (χ1n) is 6.48. The number of H-pyrrole nitrogens is 1. The summed E-state index contributed by atoms with van der Waals surface area (Å²) >= 11 is 0. The summed E-state index contributed by atoms with van der Waals surface area (Å²) in [5.41, 5.74) is 3.44. The smallest absolute Gasteiger partial charge is 0.335 e. The zero-order valence-corrected chi connectivity index (χ0v) is 10.8. The number of nitrogens with one attached hydrogen (secondary N) is 1. The van der Waals surface area contributed by atoms with Crippen LogP contribution >= 0.6 is 0 Å². The topological polar surface area (TPSA) is 66.0 Å². The normalized spacial score (nSPS) is 10.8. The average molecular weight is 266 g/mol. The van der Waals surface area contributed by atoms with Crippen molar-refractivity contribution in [3.05, 3.63) is 65.5 Å². The number of imidazole rings is 1. The fourth-order valence-corrected chi connectivity index (χ4v) is 2.20. The number of aryl methyl sites for hydroxylation is 2. The van der Waals surface area contributed by atoms with Gasteiger partial charge in [-0.25, -0.2) is 9.78 Å². The van der Waals surface area contributed by atoms with E-state index >= 15 is 0 Å². The van der Waals surface area contributed by atoms with Crippen molar-refractivity contribution in [2.45, 2.75) is 12.8 Å². The minimum Gasteiger partial charge on any atom is -0.478 e. The minimum atomic E-state index is -0.895. The van der Waals surface area contributed by atoms with Crippen molar-refractivity contribution in [2.24, 2.45) is 0 Å². The van der Waals surface area contributed by atoms with Gasteiger partial charge in [-0.15, -0.1) is 0 Å². The molecule has 0 bridgehead atoms. The van der Waals surface area contributed by atoms with Gasteiger partial charge in [-0.1, -0.05) is 24.3 Å². The fourth-order valence-electron chi connectivity index (χ4n) is 2.20. The SMILES string of the molecule is O=C(O)c1ccc(CCc2nc3ccccc3[nH]2)cc1. The predicted molar refractivity (Wildman–Crippen MR) is 76.9 cm³/mol. The van der Waals surface area contributed by atoms with E-state index in [1.807, 2.05) is 36.4 Å². The molecule has 2 aromatic carbocycles. The number of carbonyl (C=O) groups is 1. The first-order valence-corrected chi connectivity index (χ1v) is 6.48. The zero-order valence-electron chi connectivity index (χ0n) is 10.8. The molecule has 0 aliphatic rings. The highest BCUT2D eigenvalue weighted by Gasteiger charge is 2.04. The first kappa shape index (κ1) is 12.4. The van der Waals surface area contributed by atoms with Crippen LogP contribution in [0, 0.1) is 0 Å². The Labute approximate surface area is 116 Å². The van der Waals surface area contributed by atoms with Crippen LogP contribution in [0.25, 0.3) is 11.0 Å². The number of aromatic carboxylic acids is 1. The van der Waals surface area contributed by atoms with E-state index < -0.39 is 5.97 Å². The molecule has 4 nitrogen and oxygen atoms in total. The second-order valence-corrected chi connectivity index (χ2v) is 4.70. The maximum absolute atomic E-state index is 10.8. The fraction of sp³-hybridized carbons (Fsp3) is 0.125. The van der Waals surface area contributed by atoms with Crippen LogP contribution in [-0.2, 0) is 12.8 Å². The Hall–Kier alpha value is -2.62. The van der Waals surface area contributed by atoms with Gasteiger partial charge in [0, 0.05) is 6.42 Å². The highest BCUT2D eigenvalue weighted by molar-refractivity contribution is 5.87. The molecule has 0 unspecified atom stereocenters. The van der Waals surface area contributed by atoms with Gasteiger partial charge >= 0.3 is 5.97 Å². The van der Waals surface area contributed by atoms with Crippen molar-refractivity contribution in [3.8, 4) is 0 Å². The molecule has 3 aromatic rings. The molecule has 0 aliphatic carbocycles.